The third kappa shape index (κ3) is 8.20. The molecule has 0 radical (unpaired) electrons. The topological polar surface area (TPSA) is 110 Å². The second-order valence-electron chi connectivity index (χ2n) is 9.21. The Labute approximate surface area is 221 Å². The fourth-order valence-corrected chi connectivity index (χ4v) is 5.09. The average Bonchev–Trinajstić information content (AvgIpc) is 2.86. The molecule has 2 N–H and O–H groups in total. The van der Waals surface area contributed by atoms with E-state index in [0.717, 1.165) is 31.2 Å². The summed E-state index contributed by atoms with van der Waals surface area (Å²) in [4.78, 5) is 46.6. The molecule has 1 saturated carbocycles. The number of thioether (sulfide) groups is 1. The van der Waals surface area contributed by atoms with Gasteiger partial charge in [0, 0.05) is 11.2 Å². The fourth-order valence-electron chi connectivity index (χ4n) is 3.93. The molecule has 194 valence electrons. The summed E-state index contributed by atoms with van der Waals surface area (Å²) in [6.45, 7) is 4.03. The molecule has 1 aliphatic carbocycles. The first kappa shape index (κ1) is 27.9. The summed E-state index contributed by atoms with van der Waals surface area (Å²) in [7, 11) is 0. The van der Waals surface area contributed by atoms with Crippen LogP contribution in [0.2, 0.25) is 5.02 Å². The van der Waals surface area contributed by atoms with E-state index in [1.54, 1.807) is 12.4 Å². The van der Waals surface area contributed by atoms with E-state index in [0.29, 0.717) is 28.8 Å². The number of carbonyl (C=O) groups excluding carboxylic acids is 3. The molecule has 1 aromatic heterocycles. The van der Waals surface area contributed by atoms with Crippen LogP contribution < -0.4 is 10.6 Å². The molecule has 1 aromatic carbocycles. The zero-order valence-corrected chi connectivity index (χ0v) is 22.2. The van der Waals surface area contributed by atoms with Crippen molar-refractivity contribution in [3.8, 4) is 0 Å². The van der Waals surface area contributed by atoms with Crippen LogP contribution in [0.15, 0.2) is 47.9 Å². The van der Waals surface area contributed by atoms with Crippen LogP contribution in [-0.4, -0.2) is 46.2 Å². The van der Waals surface area contributed by atoms with E-state index in [1.807, 2.05) is 44.2 Å². The molecule has 36 heavy (non-hydrogen) atoms. The van der Waals surface area contributed by atoms with E-state index >= 15 is 0 Å². The molecule has 0 bridgehead atoms. The lowest BCUT2D eigenvalue weighted by atomic mass is 9.71. The third-order valence-electron chi connectivity index (χ3n) is 6.35. The number of ketones is 1. The predicted molar refractivity (Wildman–Crippen MR) is 140 cm³/mol. The van der Waals surface area contributed by atoms with E-state index in [2.05, 4.69) is 20.6 Å². The van der Waals surface area contributed by atoms with Crippen LogP contribution in [0.1, 0.15) is 64.0 Å². The van der Waals surface area contributed by atoms with Crippen molar-refractivity contribution in [2.75, 3.05) is 12.4 Å². The van der Waals surface area contributed by atoms with E-state index < -0.39 is 23.8 Å². The second kappa shape index (κ2) is 13.6. The zero-order chi connectivity index (χ0) is 26.0. The number of rotatable bonds is 13. The Bertz CT molecular complexity index is 1020. The number of Topliss-reactive ketones (excluding diaryl/α,β-unsaturated/α-hetero) is 1. The molecule has 2 atom stereocenters. The lowest BCUT2D eigenvalue weighted by molar-refractivity contribution is -0.139. The highest BCUT2D eigenvalue weighted by atomic mass is 35.5. The number of ether oxygens (including phenoxy) is 1. The molecule has 8 nitrogen and oxygen atoms in total. The van der Waals surface area contributed by atoms with Gasteiger partial charge in [-0.25, -0.2) is 14.8 Å². The van der Waals surface area contributed by atoms with Gasteiger partial charge < -0.3 is 15.4 Å². The standard InChI is InChI=1S/C26H33ClN4O4S/c1-3-4-11-21(22(32)23(33)30-18(2)19-9-6-5-7-10-19)31-25(34)35-16-26(12-8-13-26)17-36-24-28-14-20(27)15-29-24/h5-7,9-10,14-15,18,21H,3-4,8,11-13,16-17H2,1-2H3,(H,30,33)(H,31,34)/t18-,21+/m1/s1. The summed E-state index contributed by atoms with van der Waals surface area (Å²) in [6, 6.07) is 8.13. The predicted octanol–water partition coefficient (Wildman–Crippen LogP) is 5.12. The van der Waals surface area contributed by atoms with Crippen molar-refractivity contribution in [3.63, 3.8) is 0 Å². The highest BCUT2D eigenvalue weighted by Gasteiger charge is 2.39. The van der Waals surface area contributed by atoms with E-state index in [4.69, 9.17) is 16.3 Å². The molecule has 10 heteroatoms. The number of alkyl carbamates (subject to hydrolysis) is 1. The van der Waals surface area contributed by atoms with E-state index in [1.165, 1.54) is 11.8 Å². The first-order valence-corrected chi connectivity index (χ1v) is 13.6. The van der Waals surface area contributed by atoms with Crippen molar-refractivity contribution in [1.29, 1.82) is 0 Å². The minimum absolute atomic E-state index is 0.156. The molecule has 0 unspecified atom stereocenters. The average molecular weight is 533 g/mol. The molecule has 0 aliphatic heterocycles. The van der Waals surface area contributed by atoms with Gasteiger partial charge in [-0.1, -0.05) is 79.9 Å². The van der Waals surface area contributed by atoms with Crippen molar-refractivity contribution in [2.24, 2.45) is 5.41 Å². The number of hydrogen-bond acceptors (Lipinski definition) is 7. The van der Waals surface area contributed by atoms with Gasteiger partial charge >= 0.3 is 6.09 Å². The van der Waals surface area contributed by atoms with Gasteiger partial charge in [0.1, 0.15) is 6.04 Å². The zero-order valence-electron chi connectivity index (χ0n) is 20.7. The Morgan fingerprint density at radius 1 is 1.14 bits per heavy atom. The summed E-state index contributed by atoms with van der Waals surface area (Å²) in [5.41, 5.74) is 0.736. The number of benzene rings is 1. The molecular weight excluding hydrogens is 500 g/mol. The van der Waals surface area contributed by atoms with Crippen LogP contribution in [0.3, 0.4) is 0 Å². The molecule has 2 aromatic rings. The van der Waals surface area contributed by atoms with Gasteiger partial charge in [-0.05, 0) is 31.7 Å². The Kier molecular flexibility index (Phi) is 10.6. The fraction of sp³-hybridized carbons (Fsp3) is 0.500. The number of hydrogen-bond donors (Lipinski definition) is 2. The minimum Gasteiger partial charge on any atom is -0.449 e. The van der Waals surface area contributed by atoms with Gasteiger partial charge in [0.15, 0.2) is 5.16 Å². The van der Waals surface area contributed by atoms with Gasteiger partial charge in [-0.15, -0.1) is 0 Å². The second-order valence-corrected chi connectivity index (χ2v) is 10.6. The van der Waals surface area contributed by atoms with Crippen molar-refractivity contribution >= 4 is 41.1 Å². The maximum atomic E-state index is 12.9. The summed E-state index contributed by atoms with van der Waals surface area (Å²) < 4.78 is 5.54. The molecule has 0 saturated heterocycles. The number of nitrogens with zero attached hydrogens (tertiary/aromatic N) is 2. The Balaban J connectivity index is 1.52. The Morgan fingerprint density at radius 2 is 1.83 bits per heavy atom. The first-order valence-electron chi connectivity index (χ1n) is 12.3. The number of nitrogens with one attached hydrogen (secondary N) is 2. The summed E-state index contributed by atoms with van der Waals surface area (Å²) in [5, 5.41) is 6.46. The Hall–Kier alpha value is -2.65. The summed E-state index contributed by atoms with van der Waals surface area (Å²) >= 11 is 7.35. The number of amides is 2. The number of halogens is 1. The number of carbonyl (C=O) groups is 3. The van der Waals surface area contributed by atoms with Crippen LogP contribution >= 0.6 is 23.4 Å². The van der Waals surface area contributed by atoms with Crippen LogP contribution in [0, 0.1) is 5.41 Å². The van der Waals surface area contributed by atoms with E-state index in [-0.39, 0.29) is 18.1 Å². The van der Waals surface area contributed by atoms with Crippen LogP contribution in [0.4, 0.5) is 4.79 Å². The minimum atomic E-state index is -0.936. The number of aromatic nitrogens is 2. The summed E-state index contributed by atoms with van der Waals surface area (Å²) in [5.74, 6) is -0.681. The largest absolute Gasteiger partial charge is 0.449 e. The maximum Gasteiger partial charge on any atom is 0.407 e. The van der Waals surface area contributed by atoms with Crippen LogP contribution in [0.5, 0.6) is 0 Å². The molecular formula is C26H33ClN4O4S. The first-order chi connectivity index (χ1) is 17.3. The number of unbranched alkanes of at least 4 members (excludes halogenated alkanes) is 1. The van der Waals surface area contributed by atoms with Crippen molar-refractivity contribution in [3.05, 3.63) is 53.3 Å². The third-order valence-corrected chi connectivity index (χ3v) is 7.77. The smallest absolute Gasteiger partial charge is 0.407 e. The highest BCUT2D eigenvalue weighted by Crippen LogP contribution is 2.44. The molecule has 3 rings (SSSR count). The van der Waals surface area contributed by atoms with E-state index in [9.17, 15) is 14.4 Å². The summed E-state index contributed by atoms with van der Waals surface area (Å²) in [6.07, 6.45) is 7.23. The molecule has 1 fully saturated rings. The van der Waals surface area contributed by atoms with Gasteiger partial charge in [-0.2, -0.15) is 0 Å². The van der Waals surface area contributed by atoms with Crippen molar-refractivity contribution in [1.82, 2.24) is 20.6 Å². The molecule has 0 spiro atoms. The molecule has 1 aliphatic rings. The van der Waals surface area contributed by atoms with Gasteiger partial charge in [0.25, 0.3) is 5.91 Å². The lowest BCUT2D eigenvalue weighted by Crippen LogP contribution is -2.49. The van der Waals surface area contributed by atoms with Crippen molar-refractivity contribution in [2.45, 2.75) is 69.6 Å². The maximum absolute atomic E-state index is 12.9. The molecule has 2 amide bonds. The van der Waals surface area contributed by atoms with Gasteiger partial charge in [0.05, 0.1) is 30.1 Å². The molecule has 1 heterocycles. The van der Waals surface area contributed by atoms with Crippen molar-refractivity contribution < 1.29 is 19.1 Å². The Morgan fingerprint density at radius 3 is 2.44 bits per heavy atom. The monoisotopic (exact) mass is 532 g/mol. The van der Waals surface area contributed by atoms with Crippen LogP contribution in [-0.2, 0) is 14.3 Å². The van der Waals surface area contributed by atoms with Gasteiger partial charge in [-0.3, -0.25) is 9.59 Å². The highest BCUT2D eigenvalue weighted by molar-refractivity contribution is 7.99. The normalized spacial score (nSPS) is 15.8. The SMILES string of the molecule is CCCC[C@H](NC(=O)OCC1(CSc2ncc(Cl)cn2)CCC1)C(=O)C(=O)N[C@H](C)c1ccccc1. The van der Waals surface area contributed by atoms with Crippen LogP contribution in [0.25, 0.3) is 0 Å². The van der Waals surface area contributed by atoms with Gasteiger partial charge in [0.2, 0.25) is 5.78 Å². The lowest BCUT2D eigenvalue weighted by Gasteiger charge is -2.40. The quantitative estimate of drug-likeness (QED) is 0.209.